The first-order valence-electron chi connectivity index (χ1n) is 18.2. The zero-order valence-electron chi connectivity index (χ0n) is 29.5. The number of nitrogens with zero attached hydrogens (tertiary/aromatic N) is 5. The summed E-state index contributed by atoms with van der Waals surface area (Å²) in [7, 11) is 0. The Labute approximate surface area is 322 Å². The first kappa shape index (κ1) is 32.5. The van der Waals surface area contributed by atoms with Gasteiger partial charge in [0.2, 0.25) is 0 Å². The van der Waals surface area contributed by atoms with Crippen molar-refractivity contribution in [1.29, 1.82) is 0 Å². The van der Waals surface area contributed by atoms with E-state index >= 15 is 0 Å². The van der Waals surface area contributed by atoms with Gasteiger partial charge in [-0.3, -0.25) is 0 Å². The molecule has 7 aromatic carbocycles. The second-order valence-electron chi connectivity index (χ2n) is 13.3. The summed E-state index contributed by atoms with van der Waals surface area (Å²) < 4.78 is 2.45. The maximum absolute atomic E-state index is 5.04. The average Bonchev–Trinajstić information content (AvgIpc) is 3.66. The first-order valence-corrected chi connectivity index (χ1v) is 19.0. The summed E-state index contributed by atoms with van der Waals surface area (Å²) >= 11 is 1.81. The second-order valence-corrected chi connectivity index (χ2v) is 14.4. The lowest BCUT2D eigenvalue weighted by Crippen LogP contribution is -2.00. The van der Waals surface area contributed by atoms with E-state index < -0.39 is 0 Å². The highest BCUT2D eigenvalue weighted by molar-refractivity contribution is 7.26. The third-order valence-corrected chi connectivity index (χ3v) is 11.0. The predicted molar refractivity (Wildman–Crippen MR) is 226 cm³/mol. The van der Waals surface area contributed by atoms with E-state index in [1.807, 2.05) is 108 Å². The van der Waals surface area contributed by atoms with Crippen molar-refractivity contribution < 1.29 is 0 Å². The maximum atomic E-state index is 5.04. The predicted octanol–water partition coefficient (Wildman–Crippen LogP) is 12.7. The third-order valence-electron chi connectivity index (χ3n) is 9.77. The number of benzene rings is 7. The standard InChI is InChI=1S/C49H31N5S/c1-5-14-33(15-6-1)42-31-43(34-16-7-2-8-17-34)51-46(50-42)37-26-24-32(25-27-37)39-22-13-23-40-41-30-38(28-29-44(41)55-45(39)40)49-53-47(35-18-9-3-10-19-35)52-48(54-49)36-20-11-4-12-21-36/h1-31H. The molecule has 10 rings (SSSR count). The Hall–Kier alpha value is -7.15. The van der Waals surface area contributed by atoms with E-state index in [9.17, 15) is 0 Å². The molecule has 0 aliphatic heterocycles. The molecule has 0 aliphatic carbocycles. The Balaban J connectivity index is 1.03. The molecule has 5 nitrogen and oxygen atoms in total. The monoisotopic (exact) mass is 721 g/mol. The molecular formula is C49H31N5S. The van der Waals surface area contributed by atoms with E-state index in [-0.39, 0.29) is 0 Å². The van der Waals surface area contributed by atoms with E-state index in [4.69, 9.17) is 24.9 Å². The van der Waals surface area contributed by atoms with Crippen molar-refractivity contribution in [3.63, 3.8) is 0 Å². The molecule has 0 fully saturated rings. The number of thiophene rings is 1. The smallest absolute Gasteiger partial charge is 0.164 e. The molecule has 0 saturated heterocycles. The zero-order valence-corrected chi connectivity index (χ0v) is 30.4. The van der Waals surface area contributed by atoms with Crippen LogP contribution in [0.5, 0.6) is 0 Å². The Morgan fingerprint density at radius 3 is 1.27 bits per heavy atom. The lowest BCUT2D eigenvalue weighted by atomic mass is 10.0. The number of fused-ring (bicyclic) bond motifs is 3. The van der Waals surface area contributed by atoms with Crippen LogP contribution in [0.25, 0.3) is 99.4 Å². The fourth-order valence-electron chi connectivity index (χ4n) is 6.99. The van der Waals surface area contributed by atoms with E-state index in [1.165, 1.54) is 25.7 Å². The average molecular weight is 722 g/mol. The molecule has 3 aromatic heterocycles. The van der Waals surface area contributed by atoms with Crippen molar-refractivity contribution in [3.05, 3.63) is 188 Å². The van der Waals surface area contributed by atoms with Crippen LogP contribution < -0.4 is 0 Å². The van der Waals surface area contributed by atoms with Gasteiger partial charge in [0, 0.05) is 53.6 Å². The van der Waals surface area contributed by atoms with Gasteiger partial charge in [0.1, 0.15) is 0 Å². The molecule has 0 bridgehead atoms. The molecule has 0 amide bonds. The molecule has 0 spiro atoms. The van der Waals surface area contributed by atoms with E-state index in [2.05, 4.69) is 91.0 Å². The first-order chi connectivity index (χ1) is 27.2. The van der Waals surface area contributed by atoms with Crippen LogP contribution in [-0.4, -0.2) is 24.9 Å². The molecule has 0 unspecified atom stereocenters. The van der Waals surface area contributed by atoms with Crippen molar-refractivity contribution in [3.8, 4) is 79.2 Å². The van der Waals surface area contributed by atoms with Gasteiger partial charge >= 0.3 is 0 Å². The summed E-state index contributed by atoms with van der Waals surface area (Å²) in [5.74, 6) is 2.65. The highest BCUT2D eigenvalue weighted by Gasteiger charge is 2.16. The summed E-state index contributed by atoms with van der Waals surface area (Å²) in [5.41, 5.74) is 10.1. The fourth-order valence-corrected chi connectivity index (χ4v) is 8.21. The topological polar surface area (TPSA) is 64.5 Å². The van der Waals surface area contributed by atoms with E-state index in [1.54, 1.807) is 0 Å². The van der Waals surface area contributed by atoms with Crippen LogP contribution in [0.2, 0.25) is 0 Å². The van der Waals surface area contributed by atoms with Crippen LogP contribution in [0.15, 0.2) is 188 Å². The van der Waals surface area contributed by atoms with Gasteiger partial charge in [0.05, 0.1) is 11.4 Å². The molecule has 0 N–H and O–H groups in total. The molecule has 0 aliphatic rings. The van der Waals surface area contributed by atoms with Gasteiger partial charge in [-0.1, -0.05) is 164 Å². The Kier molecular flexibility index (Phi) is 8.28. The van der Waals surface area contributed by atoms with Gasteiger partial charge in [0.15, 0.2) is 23.3 Å². The van der Waals surface area contributed by atoms with Crippen molar-refractivity contribution in [2.45, 2.75) is 0 Å². The van der Waals surface area contributed by atoms with Crippen LogP contribution in [0.4, 0.5) is 0 Å². The highest BCUT2D eigenvalue weighted by Crippen LogP contribution is 2.41. The van der Waals surface area contributed by atoms with Gasteiger partial charge in [-0.25, -0.2) is 24.9 Å². The quantitative estimate of drug-likeness (QED) is 0.164. The summed E-state index contributed by atoms with van der Waals surface area (Å²) in [6, 6.07) is 64.6. The van der Waals surface area contributed by atoms with Crippen LogP contribution in [0.1, 0.15) is 0 Å². The minimum atomic E-state index is 0.648. The normalized spacial score (nSPS) is 11.3. The fraction of sp³-hybridized carbons (Fsp3) is 0. The Morgan fingerprint density at radius 1 is 0.291 bits per heavy atom. The van der Waals surface area contributed by atoms with Crippen LogP contribution in [0, 0.1) is 0 Å². The van der Waals surface area contributed by atoms with Crippen LogP contribution >= 0.6 is 11.3 Å². The molecular weight excluding hydrogens is 691 g/mol. The summed E-state index contributed by atoms with van der Waals surface area (Å²) in [6.07, 6.45) is 0. The van der Waals surface area contributed by atoms with Crippen LogP contribution in [-0.2, 0) is 0 Å². The minimum absolute atomic E-state index is 0.648. The maximum Gasteiger partial charge on any atom is 0.164 e. The van der Waals surface area contributed by atoms with Gasteiger partial charge in [-0.15, -0.1) is 11.3 Å². The number of hydrogen-bond donors (Lipinski definition) is 0. The summed E-state index contributed by atoms with van der Waals surface area (Å²) in [5, 5.41) is 2.38. The molecule has 0 atom stereocenters. The van der Waals surface area contributed by atoms with Crippen LogP contribution in [0.3, 0.4) is 0 Å². The van der Waals surface area contributed by atoms with E-state index in [0.29, 0.717) is 23.3 Å². The molecule has 0 radical (unpaired) electrons. The molecule has 0 saturated carbocycles. The van der Waals surface area contributed by atoms with E-state index in [0.717, 1.165) is 50.3 Å². The van der Waals surface area contributed by atoms with Crippen molar-refractivity contribution in [2.75, 3.05) is 0 Å². The molecule has 55 heavy (non-hydrogen) atoms. The molecule has 10 aromatic rings. The summed E-state index contributed by atoms with van der Waals surface area (Å²) in [4.78, 5) is 24.9. The lowest BCUT2D eigenvalue weighted by molar-refractivity contribution is 1.07. The van der Waals surface area contributed by atoms with Crippen molar-refractivity contribution in [1.82, 2.24) is 24.9 Å². The zero-order chi connectivity index (χ0) is 36.6. The molecule has 258 valence electrons. The Morgan fingerprint density at radius 2 is 0.727 bits per heavy atom. The SMILES string of the molecule is c1ccc(-c2cc(-c3ccccc3)nc(-c3ccc(-c4cccc5c4sc4ccc(-c6nc(-c7ccccc7)nc(-c7ccccc7)n6)cc45)cc3)n2)cc1. The van der Waals surface area contributed by atoms with Gasteiger partial charge in [-0.2, -0.15) is 0 Å². The minimum Gasteiger partial charge on any atom is -0.228 e. The summed E-state index contributed by atoms with van der Waals surface area (Å²) in [6.45, 7) is 0. The van der Waals surface area contributed by atoms with Gasteiger partial charge in [-0.05, 0) is 35.4 Å². The highest BCUT2D eigenvalue weighted by atomic mass is 32.1. The molecule has 6 heteroatoms. The number of rotatable bonds is 7. The lowest BCUT2D eigenvalue weighted by Gasteiger charge is -2.10. The van der Waals surface area contributed by atoms with Gasteiger partial charge in [0.25, 0.3) is 0 Å². The second kappa shape index (κ2) is 14.0. The van der Waals surface area contributed by atoms with Crippen molar-refractivity contribution in [2.24, 2.45) is 0 Å². The third kappa shape index (κ3) is 6.35. The largest absolute Gasteiger partial charge is 0.228 e. The Bertz CT molecular complexity index is 2830. The number of hydrogen-bond acceptors (Lipinski definition) is 6. The van der Waals surface area contributed by atoms with Gasteiger partial charge < -0.3 is 0 Å². The number of aromatic nitrogens is 5. The molecule has 3 heterocycles. The van der Waals surface area contributed by atoms with Crippen molar-refractivity contribution >= 4 is 31.5 Å².